The molecule has 3 heterocycles. The van der Waals surface area contributed by atoms with Gasteiger partial charge < -0.3 is 4.57 Å². The molecule has 0 spiro atoms. The number of thiophene rings is 1. The van der Waals surface area contributed by atoms with E-state index < -0.39 is 0 Å². The molecule has 3 rings (SSSR count). The van der Waals surface area contributed by atoms with Gasteiger partial charge in [-0.3, -0.25) is 5.10 Å². The Morgan fingerprint density at radius 2 is 2.29 bits per heavy atom. The van der Waals surface area contributed by atoms with Crippen LogP contribution in [0.25, 0.3) is 21.4 Å². The predicted octanol–water partition coefficient (Wildman–Crippen LogP) is 3.33. The van der Waals surface area contributed by atoms with Gasteiger partial charge in [0, 0.05) is 12.4 Å². The standard InChI is InChI=1S/C10H8N4S3/c1-14-8(12-13-10(14)15)6-5-17-9(11-6)7-3-2-4-16-7/h2-5H,1H3,(H,13,15). The summed E-state index contributed by atoms with van der Waals surface area (Å²) in [4.78, 5) is 5.76. The van der Waals surface area contributed by atoms with Crippen LogP contribution in [0.2, 0.25) is 0 Å². The third-order valence-corrected chi connectivity index (χ3v) is 4.59. The van der Waals surface area contributed by atoms with Gasteiger partial charge in [0.25, 0.3) is 0 Å². The number of H-pyrrole nitrogens is 1. The fourth-order valence-electron chi connectivity index (χ4n) is 1.47. The van der Waals surface area contributed by atoms with Gasteiger partial charge >= 0.3 is 0 Å². The quantitative estimate of drug-likeness (QED) is 0.732. The van der Waals surface area contributed by atoms with Crippen molar-refractivity contribution in [2.24, 2.45) is 7.05 Å². The van der Waals surface area contributed by atoms with E-state index in [0.29, 0.717) is 4.77 Å². The summed E-state index contributed by atoms with van der Waals surface area (Å²) in [5.74, 6) is 0.772. The summed E-state index contributed by atoms with van der Waals surface area (Å²) in [5.41, 5.74) is 0.855. The largest absolute Gasteiger partial charge is 0.302 e. The molecule has 0 aliphatic heterocycles. The van der Waals surface area contributed by atoms with E-state index in [1.807, 2.05) is 28.4 Å². The van der Waals surface area contributed by atoms with Crippen molar-refractivity contribution in [3.63, 3.8) is 0 Å². The molecule has 4 nitrogen and oxygen atoms in total. The van der Waals surface area contributed by atoms with Crippen LogP contribution in [-0.4, -0.2) is 19.7 Å². The maximum Gasteiger partial charge on any atom is 0.195 e. The van der Waals surface area contributed by atoms with Crippen LogP contribution < -0.4 is 0 Å². The van der Waals surface area contributed by atoms with Crippen LogP contribution >= 0.6 is 34.9 Å². The Kier molecular flexibility index (Phi) is 2.65. The van der Waals surface area contributed by atoms with Crippen molar-refractivity contribution in [3.8, 4) is 21.4 Å². The minimum absolute atomic E-state index is 0.602. The van der Waals surface area contributed by atoms with E-state index in [0.717, 1.165) is 16.5 Å². The molecule has 0 bridgehead atoms. The third kappa shape index (κ3) is 1.86. The predicted molar refractivity (Wildman–Crippen MR) is 72.8 cm³/mol. The maximum atomic E-state index is 5.08. The first-order valence-electron chi connectivity index (χ1n) is 4.87. The van der Waals surface area contributed by atoms with Gasteiger partial charge in [0.05, 0.1) is 4.88 Å². The summed E-state index contributed by atoms with van der Waals surface area (Å²) in [6, 6.07) is 4.09. The normalized spacial score (nSPS) is 10.9. The van der Waals surface area contributed by atoms with Crippen molar-refractivity contribution < 1.29 is 0 Å². The highest BCUT2D eigenvalue weighted by Crippen LogP contribution is 2.30. The molecule has 0 amide bonds. The van der Waals surface area contributed by atoms with Gasteiger partial charge in [0.1, 0.15) is 10.7 Å². The first-order chi connectivity index (χ1) is 8.25. The second-order valence-electron chi connectivity index (χ2n) is 3.43. The fourth-order valence-corrected chi connectivity index (χ4v) is 3.21. The summed E-state index contributed by atoms with van der Waals surface area (Å²) in [7, 11) is 1.88. The number of hydrogen-bond donors (Lipinski definition) is 1. The Bertz CT molecular complexity index is 689. The second kappa shape index (κ2) is 4.17. The van der Waals surface area contributed by atoms with Crippen LogP contribution in [0.15, 0.2) is 22.9 Å². The molecule has 0 fully saturated rings. The number of nitrogens with one attached hydrogen (secondary N) is 1. The van der Waals surface area contributed by atoms with Gasteiger partial charge in [-0.1, -0.05) is 6.07 Å². The van der Waals surface area contributed by atoms with Crippen molar-refractivity contribution in [2.75, 3.05) is 0 Å². The smallest absolute Gasteiger partial charge is 0.195 e. The van der Waals surface area contributed by atoms with Gasteiger partial charge in [-0.2, -0.15) is 5.10 Å². The SMILES string of the molecule is Cn1c(-c2csc(-c3cccs3)n2)n[nH]c1=S. The van der Waals surface area contributed by atoms with Crippen molar-refractivity contribution in [1.29, 1.82) is 0 Å². The van der Waals surface area contributed by atoms with Crippen LogP contribution in [-0.2, 0) is 7.05 Å². The van der Waals surface area contributed by atoms with Gasteiger partial charge in [-0.25, -0.2) is 4.98 Å². The molecule has 0 aliphatic carbocycles. The van der Waals surface area contributed by atoms with Gasteiger partial charge in [-0.05, 0) is 23.7 Å². The summed E-state index contributed by atoms with van der Waals surface area (Å²) < 4.78 is 2.42. The zero-order chi connectivity index (χ0) is 11.8. The highest BCUT2D eigenvalue weighted by Gasteiger charge is 2.11. The van der Waals surface area contributed by atoms with Crippen LogP contribution in [0.3, 0.4) is 0 Å². The van der Waals surface area contributed by atoms with Crippen molar-refractivity contribution in [1.82, 2.24) is 19.7 Å². The first-order valence-corrected chi connectivity index (χ1v) is 7.03. The van der Waals surface area contributed by atoms with Crippen molar-refractivity contribution in [3.05, 3.63) is 27.7 Å². The molecule has 0 saturated heterocycles. The molecule has 0 unspecified atom stereocenters. The molecule has 0 radical (unpaired) electrons. The molecule has 7 heteroatoms. The van der Waals surface area contributed by atoms with E-state index >= 15 is 0 Å². The molecule has 0 saturated carbocycles. The maximum absolute atomic E-state index is 5.08. The zero-order valence-electron chi connectivity index (χ0n) is 8.88. The summed E-state index contributed by atoms with van der Waals surface area (Å²) >= 11 is 8.39. The Labute approximate surface area is 111 Å². The van der Waals surface area contributed by atoms with E-state index in [2.05, 4.69) is 21.2 Å². The van der Waals surface area contributed by atoms with Crippen LogP contribution in [0, 0.1) is 4.77 Å². The molecule has 86 valence electrons. The highest BCUT2D eigenvalue weighted by atomic mass is 32.1. The van der Waals surface area contributed by atoms with E-state index in [4.69, 9.17) is 12.2 Å². The average Bonchev–Trinajstić information content (AvgIpc) is 3.01. The molecule has 3 aromatic heterocycles. The first kappa shape index (κ1) is 10.8. The Hall–Kier alpha value is -1.31. The lowest BCUT2D eigenvalue weighted by Crippen LogP contribution is -1.92. The summed E-state index contributed by atoms with van der Waals surface area (Å²) in [6.07, 6.45) is 0. The number of aromatic amines is 1. The number of aromatic nitrogens is 4. The molecular weight excluding hydrogens is 272 g/mol. The third-order valence-electron chi connectivity index (χ3n) is 2.35. The van der Waals surface area contributed by atoms with E-state index in [1.165, 1.54) is 4.88 Å². The van der Waals surface area contributed by atoms with Crippen LogP contribution in [0.4, 0.5) is 0 Å². The number of rotatable bonds is 2. The fraction of sp³-hybridized carbons (Fsp3) is 0.100. The van der Waals surface area contributed by atoms with Crippen molar-refractivity contribution in [2.45, 2.75) is 0 Å². The van der Waals surface area contributed by atoms with E-state index in [-0.39, 0.29) is 0 Å². The second-order valence-corrected chi connectivity index (χ2v) is 5.62. The van der Waals surface area contributed by atoms with Gasteiger partial charge in [0.2, 0.25) is 0 Å². The minimum atomic E-state index is 0.602. The topological polar surface area (TPSA) is 46.5 Å². The molecule has 3 aromatic rings. The van der Waals surface area contributed by atoms with Crippen LogP contribution in [0.1, 0.15) is 0 Å². The van der Waals surface area contributed by atoms with E-state index in [1.54, 1.807) is 22.7 Å². The van der Waals surface area contributed by atoms with Crippen molar-refractivity contribution >= 4 is 34.9 Å². The molecule has 0 aliphatic rings. The number of thiazole rings is 1. The highest BCUT2D eigenvalue weighted by molar-refractivity contribution is 7.71. The Morgan fingerprint density at radius 1 is 1.41 bits per heavy atom. The van der Waals surface area contributed by atoms with Crippen LogP contribution in [0.5, 0.6) is 0 Å². The molecule has 1 N–H and O–H groups in total. The zero-order valence-corrected chi connectivity index (χ0v) is 11.3. The van der Waals surface area contributed by atoms with Gasteiger partial charge in [-0.15, -0.1) is 22.7 Å². The lowest BCUT2D eigenvalue weighted by molar-refractivity contribution is 0.898. The average molecular weight is 280 g/mol. The van der Waals surface area contributed by atoms with Gasteiger partial charge in [0.15, 0.2) is 10.6 Å². The Morgan fingerprint density at radius 3 is 2.94 bits per heavy atom. The lowest BCUT2D eigenvalue weighted by atomic mass is 10.4. The monoisotopic (exact) mass is 280 g/mol. The van der Waals surface area contributed by atoms with E-state index in [9.17, 15) is 0 Å². The molecule has 0 aromatic carbocycles. The summed E-state index contributed by atoms with van der Waals surface area (Å²) in [6.45, 7) is 0. The number of nitrogens with zero attached hydrogens (tertiary/aromatic N) is 3. The molecule has 0 atom stereocenters. The molecular formula is C10H8N4S3. The minimum Gasteiger partial charge on any atom is -0.302 e. The summed E-state index contributed by atoms with van der Waals surface area (Å²) in [5, 5.41) is 12.0. The Balaban J connectivity index is 2.06. The lowest BCUT2D eigenvalue weighted by Gasteiger charge is -1.94. The molecule has 17 heavy (non-hydrogen) atoms. The number of hydrogen-bond acceptors (Lipinski definition) is 5.